The molecule has 0 aliphatic heterocycles. The molecule has 7 nitrogen and oxygen atoms in total. The molecule has 0 bridgehead atoms. The van der Waals surface area contributed by atoms with Gasteiger partial charge in [-0.15, -0.1) is 0 Å². The molecule has 36 heavy (non-hydrogen) atoms. The molecule has 4 rings (SSSR count). The summed E-state index contributed by atoms with van der Waals surface area (Å²) in [5, 5.41) is 12.5. The molecule has 0 radical (unpaired) electrons. The van der Waals surface area contributed by atoms with E-state index in [9.17, 15) is 14.9 Å². The quantitative estimate of drug-likeness (QED) is 0.313. The first-order chi connectivity index (χ1) is 17.6. The van der Waals surface area contributed by atoms with Gasteiger partial charge >= 0.3 is 5.97 Å². The van der Waals surface area contributed by atoms with Gasteiger partial charge in [0.25, 0.3) is 5.91 Å². The third-order valence-electron chi connectivity index (χ3n) is 5.42. The summed E-state index contributed by atoms with van der Waals surface area (Å²) in [5.74, 6) is -0.360. The number of ether oxygens (including phenoxy) is 2. The van der Waals surface area contributed by atoms with E-state index in [0.717, 1.165) is 23.1 Å². The Morgan fingerprint density at radius 3 is 2.14 bits per heavy atom. The minimum atomic E-state index is -0.695. The van der Waals surface area contributed by atoms with Crippen LogP contribution in [0.4, 0.5) is 5.88 Å². The monoisotopic (exact) mass is 480 g/mol. The van der Waals surface area contributed by atoms with Crippen LogP contribution >= 0.6 is 0 Å². The second-order valence-corrected chi connectivity index (χ2v) is 7.85. The van der Waals surface area contributed by atoms with Crippen molar-refractivity contribution in [2.24, 2.45) is 0 Å². The van der Waals surface area contributed by atoms with E-state index < -0.39 is 18.5 Å². The fourth-order valence-corrected chi connectivity index (χ4v) is 3.61. The molecule has 0 saturated heterocycles. The Morgan fingerprint density at radius 1 is 0.889 bits per heavy atom. The standard InChI is InChI=1S/C29H24N2O5/c1-2-20-13-15-23(16-14-20)34-19-26(33)35-18-25(32)31-29-24(17-30)27(21-9-5-3-6-10-21)28(36-29)22-11-7-4-8-12-22/h3-16H,2,18-19H2,1H3,(H,31,32). The lowest BCUT2D eigenvalue weighted by Crippen LogP contribution is -2.23. The average molecular weight is 481 g/mol. The van der Waals surface area contributed by atoms with Gasteiger partial charge in [0.2, 0.25) is 5.88 Å². The number of carbonyl (C=O) groups is 2. The molecule has 4 aromatic rings. The normalized spacial score (nSPS) is 10.3. The van der Waals surface area contributed by atoms with E-state index >= 15 is 0 Å². The van der Waals surface area contributed by atoms with Crippen molar-refractivity contribution in [1.82, 2.24) is 0 Å². The fourth-order valence-electron chi connectivity index (χ4n) is 3.61. The Kier molecular flexibility index (Phi) is 7.79. The number of carbonyl (C=O) groups excluding carboxylic acids is 2. The van der Waals surface area contributed by atoms with Crippen LogP contribution in [0, 0.1) is 11.3 Å². The van der Waals surface area contributed by atoms with Crippen molar-refractivity contribution in [3.8, 4) is 34.3 Å². The molecule has 0 atom stereocenters. The number of benzene rings is 3. The SMILES string of the molecule is CCc1ccc(OCC(=O)OCC(=O)Nc2oc(-c3ccccc3)c(-c3ccccc3)c2C#N)cc1. The molecule has 3 aromatic carbocycles. The molecule has 1 aromatic heterocycles. The molecule has 0 fully saturated rings. The highest BCUT2D eigenvalue weighted by molar-refractivity contribution is 5.96. The molecular weight excluding hydrogens is 456 g/mol. The van der Waals surface area contributed by atoms with Crippen LogP contribution in [-0.4, -0.2) is 25.1 Å². The molecule has 1 N–H and O–H groups in total. The molecule has 0 unspecified atom stereocenters. The predicted molar refractivity (Wildman–Crippen MR) is 135 cm³/mol. The van der Waals surface area contributed by atoms with E-state index in [1.54, 1.807) is 12.1 Å². The minimum absolute atomic E-state index is 0.0106. The van der Waals surface area contributed by atoms with Crippen LogP contribution in [0.1, 0.15) is 18.1 Å². The number of nitrogens with one attached hydrogen (secondary N) is 1. The number of furan rings is 1. The van der Waals surface area contributed by atoms with Crippen LogP contribution in [-0.2, 0) is 20.7 Å². The number of nitrogens with zero attached hydrogens (tertiary/aromatic N) is 1. The maximum Gasteiger partial charge on any atom is 0.344 e. The number of amides is 1. The summed E-state index contributed by atoms with van der Waals surface area (Å²) < 4.78 is 16.4. The van der Waals surface area contributed by atoms with Crippen molar-refractivity contribution < 1.29 is 23.5 Å². The van der Waals surface area contributed by atoms with Gasteiger partial charge in [-0.3, -0.25) is 10.1 Å². The van der Waals surface area contributed by atoms with E-state index in [-0.39, 0.29) is 18.1 Å². The van der Waals surface area contributed by atoms with Crippen molar-refractivity contribution in [2.75, 3.05) is 18.5 Å². The summed E-state index contributed by atoms with van der Waals surface area (Å²) in [7, 11) is 0. The van der Waals surface area contributed by atoms with Gasteiger partial charge in [0, 0.05) is 11.1 Å². The van der Waals surface area contributed by atoms with Crippen molar-refractivity contribution in [2.45, 2.75) is 13.3 Å². The molecular formula is C29H24N2O5. The highest BCUT2D eigenvalue weighted by Crippen LogP contribution is 2.41. The molecule has 0 spiro atoms. The maximum atomic E-state index is 12.5. The molecule has 180 valence electrons. The summed E-state index contributed by atoms with van der Waals surface area (Å²) in [6.45, 7) is 1.16. The van der Waals surface area contributed by atoms with E-state index in [4.69, 9.17) is 13.9 Å². The summed E-state index contributed by atoms with van der Waals surface area (Å²) >= 11 is 0. The first-order valence-electron chi connectivity index (χ1n) is 11.4. The van der Waals surface area contributed by atoms with Gasteiger partial charge in [-0.2, -0.15) is 5.26 Å². The van der Waals surface area contributed by atoms with Gasteiger partial charge in [0.15, 0.2) is 13.2 Å². The van der Waals surface area contributed by atoms with Gasteiger partial charge < -0.3 is 13.9 Å². The first kappa shape index (κ1) is 24.3. The zero-order valence-corrected chi connectivity index (χ0v) is 19.7. The highest BCUT2D eigenvalue weighted by atomic mass is 16.6. The van der Waals surface area contributed by atoms with Gasteiger partial charge in [0.05, 0.1) is 0 Å². The number of nitriles is 1. The molecule has 7 heteroatoms. The lowest BCUT2D eigenvalue weighted by Gasteiger charge is -2.07. The van der Waals surface area contributed by atoms with Crippen LogP contribution in [0.2, 0.25) is 0 Å². The third kappa shape index (κ3) is 5.80. The average Bonchev–Trinajstić information content (AvgIpc) is 3.30. The molecule has 1 heterocycles. The van der Waals surface area contributed by atoms with Gasteiger partial charge in [0.1, 0.15) is 23.1 Å². The van der Waals surface area contributed by atoms with Gasteiger partial charge in [-0.05, 0) is 29.7 Å². The number of hydrogen-bond acceptors (Lipinski definition) is 6. The molecule has 0 saturated carbocycles. The number of esters is 1. The second kappa shape index (κ2) is 11.5. The number of hydrogen-bond donors (Lipinski definition) is 1. The van der Waals surface area contributed by atoms with E-state index in [2.05, 4.69) is 11.4 Å². The summed E-state index contributed by atoms with van der Waals surface area (Å²) in [4.78, 5) is 24.6. The van der Waals surface area contributed by atoms with Crippen molar-refractivity contribution in [1.29, 1.82) is 5.26 Å². The summed E-state index contributed by atoms with van der Waals surface area (Å²) in [6.07, 6.45) is 0.903. The predicted octanol–water partition coefficient (Wildman–Crippen LogP) is 5.61. The Morgan fingerprint density at radius 2 is 1.53 bits per heavy atom. The minimum Gasteiger partial charge on any atom is -0.482 e. The largest absolute Gasteiger partial charge is 0.482 e. The van der Waals surface area contributed by atoms with Crippen molar-refractivity contribution >= 4 is 17.8 Å². The van der Waals surface area contributed by atoms with Gasteiger partial charge in [-0.1, -0.05) is 79.7 Å². The van der Waals surface area contributed by atoms with E-state index in [0.29, 0.717) is 17.1 Å². The van der Waals surface area contributed by atoms with Crippen molar-refractivity contribution in [3.05, 3.63) is 96.1 Å². The Hall–Kier alpha value is -4.83. The first-order valence-corrected chi connectivity index (χ1v) is 11.4. The fraction of sp³-hybridized carbons (Fsp3) is 0.138. The summed E-state index contributed by atoms with van der Waals surface area (Å²) in [5.41, 5.74) is 3.43. The van der Waals surface area contributed by atoms with Crippen LogP contribution in [0.5, 0.6) is 5.75 Å². The van der Waals surface area contributed by atoms with E-state index in [1.807, 2.05) is 79.7 Å². The highest BCUT2D eigenvalue weighted by Gasteiger charge is 2.24. The smallest absolute Gasteiger partial charge is 0.344 e. The van der Waals surface area contributed by atoms with Crippen LogP contribution in [0.15, 0.2) is 89.3 Å². The number of anilines is 1. The molecule has 0 aliphatic rings. The van der Waals surface area contributed by atoms with Crippen molar-refractivity contribution in [3.63, 3.8) is 0 Å². The summed E-state index contributed by atoms with van der Waals surface area (Å²) in [6, 6.07) is 28.1. The topological polar surface area (TPSA) is 102 Å². The Balaban J connectivity index is 1.45. The van der Waals surface area contributed by atoms with E-state index in [1.165, 1.54) is 0 Å². The lowest BCUT2D eigenvalue weighted by molar-refractivity contribution is -0.149. The molecule has 1 amide bonds. The maximum absolute atomic E-state index is 12.5. The second-order valence-electron chi connectivity index (χ2n) is 7.85. The number of rotatable bonds is 9. The molecule has 0 aliphatic carbocycles. The number of aryl methyl sites for hydroxylation is 1. The van der Waals surface area contributed by atoms with Gasteiger partial charge in [-0.25, -0.2) is 4.79 Å². The van der Waals surface area contributed by atoms with Crippen LogP contribution in [0.3, 0.4) is 0 Å². The Bertz CT molecular complexity index is 1370. The zero-order chi connectivity index (χ0) is 25.3. The lowest BCUT2D eigenvalue weighted by atomic mass is 9.98. The van der Waals surface area contributed by atoms with Crippen LogP contribution < -0.4 is 10.1 Å². The zero-order valence-electron chi connectivity index (χ0n) is 19.7. The van der Waals surface area contributed by atoms with Crippen LogP contribution in [0.25, 0.3) is 22.5 Å². The Labute approximate surface area is 208 Å². The third-order valence-corrected chi connectivity index (χ3v) is 5.42.